The number of furan rings is 1. The molecule has 3 N–H and O–H groups in total. The fourth-order valence-electron chi connectivity index (χ4n) is 7.63. The first-order valence-electron chi connectivity index (χ1n) is 16.5. The minimum absolute atomic E-state index is 0.0476. The van der Waals surface area contributed by atoms with Gasteiger partial charge in [0.15, 0.2) is 0 Å². The second kappa shape index (κ2) is 15.3. The number of methoxy groups -OCH3 is 1. The van der Waals surface area contributed by atoms with Crippen LogP contribution in [0.15, 0.2) is 28.7 Å². The van der Waals surface area contributed by atoms with Gasteiger partial charge in [0.2, 0.25) is 17.6 Å². The number of ether oxygens (including phenoxy) is 2. The van der Waals surface area contributed by atoms with E-state index in [-0.39, 0.29) is 41.9 Å². The van der Waals surface area contributed by atoms with Crippen LogP contribution in [0.1, 0.15) is 87.6 Å². The number of nitrogens with two attached hydrogens (primary N) is 1. The van der Waals surface area contributed by atoms with Crippen molar-refractivity contribution in [1.29, 1.82) is 0 Å². The third-order valence-corrected chi connectivity index (χ3v) is 10.1. The van der Waals surface area contributed by atoms with E-state index in [4.69, 9.17) is 19.6 Å². The zero-order valence-electron chi connectivity index (χ0n) is 25.9. The summed E-state index contributed by atoms with van der Waals surface area (Å²) in [6, 6.07) is 5.92. The van der Waals surface area contributed by atoms with E-state index in [0.717, 1.165) is 51.4 Å². The SMILES string of the molecule is COCCCCOC(=O)c1cc2cc(NC(=O)[C@@H]3[C@H](C4CCCCC4)CCN3C(=O)C3CCC([C@H](N)CF)CC3)ccc2o1. The molecule has 2 saturated carbocycles. The first-order chi connectivity index (χ1) is 21.4. The number of likely N-dealkylation sites (tertiary alicyclic amines) is 1. The number of fused-ring (bicyclic) bond motifs is 1. The summed E-state index contributed by atoms with van der Waals surface area (Å²) in [5.41, 5.74) is 7.07. The van der Waals surface area contributed by atoms with E-state index in [0.29, 0.717) is 55.0 Å². The number of benzene rings is 1. The minimum Gasteiger partial charge on any atom is -0.460 e. The molecule has 3 fully saturated rings. The van der Waals surface area contributed by atoms with E-state index in [9.17, 15) is 18.8 Å². The molecule has 0 spiro atoms. The highest BCUT2D eigenvalue weighted by molar-refractivity contribution is 6.00. The van der Waals surface area contributed by atoms with Crippen LogP contribution in [-0.4, -0.2) is 68.3 Å². The molecule has 0 bridgehead atoms. The number of anilines is 1. The number of esters is 1. The summed E-state index contributed by atoms with van der Waals surface area (Å²) in [5.74, 6) is -0.0302. The quantitative estimate of drug-likeness (QED) is 0.227. The van der Waals surface area contributed by atoms with Gasteiger partial charge in [-0.3, -0.25) is 9.59 Å². The average molecular weight is 614 g/mol. The lowest BCUT2D eigenvalue weighted by atomic mass is 9.76. The molecule has 1 aliphatic heterocycles. The van der Waals surface area contributed by atoms with Crippen LogP contribution < -0.4 is 11.1 Å². The van der Waals surface area contributed by atoms with Crippen LogP contribution in [0.2, 0.25) is 0 Å². The molecule has 2 aromatic rings. The third kappa shape index (κ3) is 7.62. The largest absolute Gasteiger partial charge is 0.460 e. The smallest absolute Gasteiger partial charge is 0.374 e. The van der Waals surface area contributed by atoms with Gasteiger partial charge >= 0.3 is 5.97 Å². The van der Waals surface area contributed by atoms with Gasteiger partial charge in [-0.15, -0.1) is 0 Å². The molecule has 10 heteroatoms. The summed E-state index contributed by atoms with van der Waals surface area (Å²) in [6.07, 6.45) is 10.9. The van der Waals surface area contributed by atoms with Crippen LogP contribution >= 0.6 is 0 Å². The Morgan fingerprint density at radius 3 is 2.50 bits per heavy atom. The maximum atomic E-state index is 14.0. The van der Waals surface area contributed by atoms with E-state index in [1.54, 1.807) is 31.4 Å². The van der Waals surface area contributed by atoms with Crippen molar-refractivity contribution in [3.05, 3.63) is 30.0 Å². The summed E-state index contributed by atoms with van der Waals surface area (Å²) in [5, 5.41) is 3.78. The van der Waals surface area contributed by atoms with Gasteiger partial charge in [0, 0.05) is 43.3 Å². The van der Waals surface area contributed by atoms with Crippen LogP contribution in [0.25, 0.3) is 11.0 Å². The van der Waals surface area contributed by atoms with Crippen molar-refractivity contribution in [2.75, 3.05) is 38.9 Å². The van der Waals surface area contributed by atoms with Gasteiger partial charge in [-0.1, -0.05) is 32.1 Å². The Bertz CT molecular complexity index is 1270. The number of halogens is 1. The molecule has 9 nitrogen and oxygen atoms in total. The number of amides is 2. The second-order valence-corrected chi connectivity index (χ2v) is 12.9. The molecule has 2 aliphatic carbocycles. The molecular formula is C34H48FN3O6. The number of hydrogen-bond donors (Lipinski definition) is 2. The second-order valence-electron chi connectivity index (χ2n) is 12.9. The molecule has 3 aliphatic rings. The van der Waals surface area contributed by atoms with Crippen molar-refractivity contribution in [2.24, 2.45) is 29.4 Å². The standard InChI is InChI=1S/C34H48FN3O6/c1-42-17-5-6-18-43-34(41)30-20-25-19-26(13-14-29(25)44-30)37-32(39)31-27(22-7-3-2-4-8-22)15-16-38(31)33(40)24-11-9-23(10-12-24)28(36)21-35/h13-14,19-20,22-24,27-28,31H,2-12,15-18,21,36H2,1H3,(H,37,39)/t23?,24?,27-,28+,31-/m0/s1. The van der Waals surface area contributed by atoms with E-state index in [1.165, 1.54) is 6.42 Å². The summed E-state index contributed by atoms with van der Waals surface area (Å²) < 4.78 is 29.2. The Morgan fingerprint density at radius 2 is 1.77 bits per heavy atom. The first kappa shape index (κ1) is 32.4. The van der Waals surface area contributed by atoms with E-state index >= 15 is 0 Å². The lowest BCUT2D eigenvalue weighted by molar-refractivity contribution is -0.142. The third-order valence-electron chi connectivity index (χ3n) is 10.1. The van der Waals surface area contributed by atoms with Crippen LogP contribution in [0.3, 0.4) is 0 Å². The van der Waals surface area contributed by atoms with Gasteiger partial charge < -0.3 is 29.8 Å². The Labute approximate surface area is 259 Å². The van der Waals surface area contributed by atoms with Gasteiger partial charge in [-0.05, 0) is 87.0 Å². The Kier molecular flexibility index (Phi) is 11.3. The van der Waals surface area contributed by atoms with Gasteiger partial charge in [-0.2, -0.15) is 0 Å². The molecule has 1 saturated heterocycles. The van der Waals surface area contributed by atoms with Crippen molar-refractivity contribution >= 4 is 34.4 Å². The van der Waals surface area contributed by atoms with Crippen LogP contribution in [-0.2, 0) is 19.1 Å². The fraction of sp³-hybridized carbons (Fsp3) is 0.676. The number of hydrogen-bond acceptors (Lipinski definition) is 7. The number of unbranched alkanes of at least 4 members (excludes halogenated alkanes) is 1. The number of nitrogens with one attached hydrogen (secondary N) is 1. The summed E-state index contributed by atoms with van der Waals surface area (Å²) in [7, 11) is 1.64. The number of carbonyl (C=O) groups excluding carboxylic acids is 3. The first-order valence-corrected chi connectivity index (χ1v) is 16.5. The predicted molar refractivity (Wildman–Crippen MR) is 166 cm³/mol. The van der Waals surface area contributed by atoms with E-state index in [2.05, 4.69) is 5.32 Å². The maximum absolute atomic E-state index is 14.0. The summed E-state index contributed by atoms with van der Waals surface area (Å²) in [6.45, 7) is 0.945. The Morgan fingerprint density at radius 1 is 1.02 bits per heavy atom. The summed E-state index contributed by atoms with van der Waals surface area (Å²) >= 11 is 0. The van der Waals surface area contributed by atoms with Gasteiger partial charge in [0.1, 0.15) is 18.3 Å². The highest BCUT2D eigenvalue weighted by Gasteiger charge is 2.47. The molecule has 0 radical (unpaired) electrons. The molecule has 5 rings (SSSR count). The zero-order chi connectivity index (χ0) is 31.1. The molecule has 0 unspecified atom stereocenters. The zero-order valence-corrected chi connectivity index (χ0v) is 25.9. The van der Waals surface area contributed by atoms with Crippen LogP contribution in [0.4, 0.5) is 10.1 Å². The normalized spacial score (nSPS) is 25.2. The highest BCUT2D eigenvalue weighted by atomic mass is 19.1. The predicted octanol–water partition coefficient (Wildman–Crippen LogP) is 5.86. The number of carbonyl (C=O) groups is 3. The lowest BCUT2D eigenvalue weighted by Gasteiger charge is -2.36. The molecule has 1 aromatic heterocycles. The molecule has 3 atom stereocenters. The van der Waals surface area contributed by atoms with Crippen molar-refractivity contribution in [3.63, 3.8) is 0 Å². The number of nitrogens with zero attached hydrogens (tertiary/aromatic N) is 1. The van der Waals surface area contributed by atoms with Crippen LogP contribution in [0.5, 0.6) is 0 Å². The monoisotopic (exact) mass is 613 g/mol. The summed E-state index contributed by atoms with van der Waals surface area (Å²) in [4.78, 5) is 42.2. The van der Waals surface area contributed by atoms with Crippen molar-refractivity contribution < 1.29 is 32.7 Å². The van der Waals surface area contributed by atoms with Gasteiger partial charge in [0.05, 0.1) is 6.61 Å². The highest BCUT2D eigenvalue weighted by Crippen LogP contribution is 2.41. The lowest BCUT2D eigenvalue weighted by Crippen LogP contribution is -2.50. The van der Waals surface area contributed by atoms with Gasteiger partial charge in [-0.25, -0.2) is 9.18 Å². The van der Waals surface area contributed by atoms with Crippen molar-refractivity contribution in [1.82, 2.24) is 4.90 Å². The maximum Gasteiger partial charge on any atom is 0.374 e. The molecular weight excluding hydrogens is 565 g/mol. The van der Waals surface area contributed by atoms with Gasteiger partial charge in [0.25, 0.3) is 0 Å². The van der Waals surface area contributed by atoms with Crippen molar-refractivity contribution in [3.8, 4) is 0 Å². The average Bonchev–Trinajstić information content (AvgIpc) is 3.69. The van der Waals surface area contributed by atoms with E-state index < -0.39 is 24.7 Å². The van der Waals surface area contributed by atoms with Crippen molar-refractivity contribution in [2.45, 2.75) is 89.1 Å². The molecule has 44 heavy (non-hydrogen) atoms. The van der Waals surface area contributed by atoms with E-state index in [1.807, 2.05) is 4.90 Å². The Hall–Kier alpha value is -2.98. The molecule has 242 valence electrons. The molecule has 2 amide bonds. The van der Waals surface area contributed by atoms with Crippen LogP contribution in [0, 0.1) is 23.7 Å². The number of alkyl halides is 1. The number of rotatable bonds is 12. The molecule has 2 heterocycles. The fourth-order valence-corrected chi connectivity index (χ4v) is 7.63. The minimum atomic E-state index is -0.536. The topological polar surface area (TPSA) is 124 Å². The molecule has 1 aromatic carbocycles. The Balaban J connectivity index is 1.27.